The fraction of sp³-hybridized carbons (Fsp3) is 0.750. The van der Waals surface area contributed by atoms with Gasteiger partial charge >= 0.3 is 0 Å². The van der Waals surface area contributed by atoms with E-state index in [0.29, 0.717) is 6.04 Å². The summed E-state index contributed by atoms with van der Waals surface area (Å²) in [7, 11) is 0. The second kappa shape index (κ2) is 3.61. The Kier molecular flexibility index (Phi) is 3.32. The quantitative estimate of drug-likeness (QED) is 0.288. The van der Waals surface area contributed by atoms with Gasteiger partial charge in [-0.05, 0) is 12.8 Å². The van der Waals surface area contributed by atoms with Gasteiger partial charge in [-0.25, -0.2) is 0 Å². The van der Waals surface area contributed by atoms with Gasteiger partial charge in [0, 0.05) is 6.04 Å². The predicted octanol–water partition coefficient (Wildman–Crippen LogP) is -0.340. The van der Waals surface area contributed by atoms with Crippen LogP contribution in [0.1, 0.15) is 12.8 Å². The van der Waals surface area contributed by atoms with E-state index >= 15 is 0 Å². The molecule has 1 aliphatic rings. The van der Waals surface area contributed by atoms with E-state index in [4.69, 9.17) is 11.1 Å². The molecule has 0 heterocycles. The molecule has 5 N–H and O–H groups in total. The van der Waals surface area contributed by atoms with Crippen LogP contribution < -0.4 is 11.5 Å². The molecule has 0 saturated heterocycles. The Morgan fingerprint density at radius 1 is 1.57 bits per heavy atom. The fourth-order valence-electron chi connectivity index (χ4n) is 0.0962. The molecule has 0 aliphatic heterocycles. The summed E-state index contributed by atoms with van der Waals surface area (Å²) in [6.45, 7) is 0. The van der Waals surface area contributed by atoms with Gasteiger partial charge < -0.3 is 11.5 Å². The third-order valence-corrected chi connectivity index (χ3v) is 0.622. The summed E-state index contributed by atoms with van der Waals surface area (Å²) in [5.74, 6) is 0. The van der Waals surface area contributed by atoms with Gasteiger partial charge in [0.25, 0.3) is 0 Å². The van der Waals surface area contributed by atoms with E-state index in [1.807, 2.05) is 0 Å². The van der Waals surface area contributed by atoms with Crippen LogP contribution in [0.15, 0.2) is 0 Å². The van der Waals surface area contributed by atoms with E-state index in [0.717, 1.165) is 6.34 Å². The van der Waals surface area contributed by atoms with E-state index in [1.54, 1.807) is 0 Å². The molecule has 0 radical (unpaired) electrons. The zero-order valence-electron chi connectivity index (χ0n) is 4.22. The van der Waals surface area contributed by atoms with E-state index < -0.39 is 0 Å². The third-order valence-electron chi connectivity index (χ3n) is 0.622. The first kappa shape index (κ1) is 6.43. The van der Waals surface area contributed by atoms with Crippen LogP contribution in [0.4, 0.5) is 0 Å². The molecule has 0 aromatic carbocycles. The van der Waals surface area contributed by atoms with E-state index in [-0.39, 0.29) is 0 Å². The van der Waals surface area contributed by atoms with E-state index in [1.165, 1.54) is 12.8 Å². The number of nitrogens with one attached hydrogen (secondary N) is 1. The highest BCUT2D eigenvalue weighted by Crippen LogP contribution is 2.13. The molecule has 1 fully saturated rings. The normalized spacial score (nSPS) is 16.7. The van der Waals surface area contributed by atoms with Crippen molar-refractivity contribution in [3.05, 3.63) is 0 Å². The van der Waals surface area contributed by atoms with Crippen LogP contribution in [0.5, 0.6) is 0 Å². The van der Waals surface area contributed by atoms with Gasteiger partial charge in [-0.15, -0.1) is 0 Å². The number of rotatable bonds is 0. The number of nitrogens with two attached hydrogens (primary N) is 2. The second-order valence-corrected chi connectivity index (χ2v) is 1.50. The molecule has 1 rings (SSSR count). The molecule has 0 atom stereocenters. The topological polar surface area (TPSA) is 75.9 Å². The molecule has 3 nitrogen and oxygen atoms in total. The molecule has 1 saturated carbocycles. The van der Waals surface area contributed by atoms with Crippen LogP contribution in [0.2, 0.25) is 0 Å². The molecule has 3 heteroatoms. The molecule has 0 spiro atoms. The number of hydrogen-bond donors (Lipinski definition) is 3. The molecule has 0 aromatic heterocycles. The third kappa shape index (κ3) is 10.8. The van der Waals surface area contributed by atoms with Gasteiger partial charge in [0.15, 0.2) is 0 Å². The lowest BCUT2D eigenvalue weighted by Crippen LogP contribution is -1.94. The Labute approximate surface area is 43.2 Å². The molecule has 0 unspecified atom stereocenters. The fourth-order valence-corrected chi connectivity index (χ4v) is 0.0962. The Balaban J connectivity index is 0.000000110. The second-order valence-electron chi connectivity index (χ2n) is 1.50. The lowest BCUT2D eigenvalue weighted by Gasteiger charge is -1.58. The van der Waals surface area contributed by atoms with Crippen molar-refractivity contribution in [2.75, 3.05) is 0 Å². The van der Waals surface area contributed by atoms with Crippen LogP contribution in [-0.2, 0) is 0 Å². The molecular formula is C4H11N3. The molecule has 0 aromatic rings. The van der Waals surface area contributed by atoms with Crippen molar-refractivity contribution in [2.24, 2.45) is 11.5 Å². The predicted molar refractivity (Wildman–Crippen MR) is 30.2 cm³/mol. The van der Waals surface area contributed by atoms with Gasteiger partial charge in [0.1, 0.15) is 0 Å². The summed E-state index contributed by atoms with van der Waals surface area (Å²) in [6.07, 6.45) is 3.28. The van der Waals surface area contributed by atoms with Crippen molar-refractivity contribution < 1.29 is 0 Å². The van der Waals surface area contributed by atoms with Gasteiger partial charge in [-0.3, -0.25) is 5.41 Å². The molecular weight excluding hydrogens is 90.1 g/mol. The summed E-state index contributed by atoms with van der Waals surface area (Å²) >= 11 is 0. The largest absolute Gasteiger partial charge is 0.390 e. The summed E-state index contributed by atoms with van der Waals surface area (Å²) in [4.78, 5) is 0. The first-order chi connectivity index (χ1) is 3.31. The minimum Gasteiger partial charge on any atom is -0.390 e. The average Bonchev–Trinajstić information content (AvgIpc) is 2.25. The van der Waals surface area contributed by atoms with Crippen molar-refractivity contribution in [3.63, 3.8) is 0 Å². The van der Waals surface area contributed by atoms with Gasteiger partial charge in [0.2, 0.25) is 0 Å². The van der Waals surface area contributed by atoms with Crippen LogP contribution >= 0.6 is 0 Å². The van der Waals surface area contributed by atoms with Gasteiger partial charge in [-0.2, -0.15) is 0 Å². The van der Waals surface area contributed by atoms with Gasteiger partial charge in [-0.1, -0.05) is 0 Å². The maximum absolute atomic E-state index is 5.86. The van der Waals surface area contributed by atoms with Gasteiger partial charge in [0.05, 0.1) is 6.34 Å². The minimum absolute atomic E-state index is 0.583. The van der Waals surface area contributed by atoms with Crippen molar-refractivity contribution >= 4 is 6.34 Å². The standard InChI is InChI=1S/C3H7N.CH4N2/c4-3-1-2-3;2-1-3/h3H,1-2,4H2;1H,(H3,2,3). The monoisotopic (exact) mass is 101 g/mol. The SMILES string of the molecule is N=CN.NC1CC1. The Hall–Kier alpha value is -0.570. The Bertz CT molecular complexity index is 48.9. The number of hydrogen-bond acceptors (Lipinski definition) is 2. The van der Waals surface area contributed by atoms with Crippen LogP contribution in [0.25, 0.3) is 0 Å². The summed E-state index contributed by atoms with van der Waals surface area (Å²) < 4.78 is 0. The lowest BCUT2D eigenvalue weighted by molar-refractivity contribution is 1.07. The molecule has 0 bridgehead atoms. The van der Waals surface area contributed by atoms with Crippen LogP contribution in [0.3, 0.4) is 0 Å². The highest BCUT2D eigenvalue weighted by atomic mass is 14.7. The molecule has 1 aliphatic carbocycles. The van der Waals surface area contributed by atoms with E-state index in [9.17, 15) is 0 Å². The van der Waals surface area contributed by atoms with Crippen molar-refractivity contribution in [3.8, 4) is 0 Å². The average molecular weight is 101 g/mol. The summed E-state index contributed by atoms with van der Waals surface area (Å²) in [5, 5.41) is 5.86. The first-order valence-electron chi connectivity index (χ1n) is 2.27. The molecule has 7 heavy (non-hydrogen) atoms. The molecule has 42 valence electrons. The zero-order chi connectivity index (χ0) is 5.70. The lowest BCUT2D eigenvalue weighted by atomic mass is 10.8. The van der Waals surface area contributed by atoms with Crippen LogP contribution in [0, 0.1) is 5.41 Å². The highest BCUT2D eigenvalue weighted by molar-refractivity contribution is 5.46. The Morgan fingerprint density at radius 3 is 1.71 bits per heavy atom. The van der Waals surface area contributed by atoms with Crippen molar-refractivity contribution in [1.29, 1.82) is 5.41 Å². The smallest absolute Gasteiger partial charge is 0.0765 e. The maximum atomic E-state index is 5.86. The summed E-state index contributed by atoms with van der Waals surface area (Å²) in [5.41, 5.74) is 9.61. The Morgan fingerprint density at radius 2 is 1.71 bits per heavy atom. The summed E-state index contributed by atoms with van der Waals surface area (Å²) in [6, 6.07) is 0.583. The van der Waals surface area contributed by atoms with Crippen LogP contribution in [-0.4, -0.2) is 12.4 Å². The van der Waals surface area contributed by atoms with E-state index in [2.05, 4.69) is 5.73 Å². The molecule has 0 amide bonds. The minimum atomic E-state index is 0.583. The van der Waals surface area contributed by atoms with Crippen molar-refractivity contribution in [2.45, 2.75) is 18.9 Å². The van der Waals surface area contributed by atoms with Crippen molar-refractivity contribution in [1.82, 2.24) is 0 Å². The maximum Gasteiger partial charge on any atom is 0.0765 e. The highest BCUT2D eigenvalue weighted by Gasteiger charge is 2.13. The first-order valence-corrected chi connectivity index (χ1v) is 2.27. The zero-order valence-corrected chi connectivity index (χ0v) is 4.22.